The van der Waals surface area contributed by atoms with Crippen LogP contribution in [0.2, 0.25) is 0 Å². The van der Waals surface area contributed by atoms with Crippen molar-refractivity contribution in [1.29, 1.82) is 0 Å². The van der Waals surface area contributed by atoms with Gasteiger partial charge in [0.05, 0.1) is 31.2 Å². The first-order chi connectivity index (χ1) is 13.1. The van der Waals surface area contributed by atoms with Crippen LogP contribution in [0.4, 0.5) is 5.69 Å². The molecule has 0 unspecified atom stereocenters. The summed E-state index contributed by atoms with van der Waals surface area (Å²) in [5.74, 6) is 1.09. The van der Waals surface area contributed by atoms with Gasteiger partial charge in [-0.25, -0.2) is 4.98 Å². The van der Waals surface area contributed by atoms with Gasteiger partial charge in [-0.2, -0.15) is 0 Å². The lowest BCUT2D eigenvalue weighted by Crippen LogP contribution is -2.14. The van der Waals surface area contributed by atoms with Crippen molar-refractivity contribution >= 4 is 22.9 Å². The number of rotatable bonds is 6. The first kappa shape index (κ1) is 18.7. The second-order valence-electron chi connectivity index (χ2n) is 5.64. The molecule has 0 spiro atoms. The Morgan fingerprint density at radius 2 is 1.63 bits per heavy atom. The Kier molecular flexibility index (Phi) is 5.61. The molecule has 0 radical (unpaired) electrons. The summed E-state index contributed by atoms with van der Waals surface area (Å²) in [6.45, 7) is 1.88. The van der Waals surface area contributed by atoms with Crippen LogP contribution in [0, 0.1) is 6.92 Å². The third kappa shape index (κ3) is 3.88. The maximum atomic E-state index is 12.9. The predicted molar refractivity (Wildman–Crippen MR) is 106 cm³/mol. The maximum Gasteiger partial charge on any atom is 0.275 e. The summed E-state index contributed by atoms with van der Waals surface area (Å²) in [5, 5.41) is 3.70. The number of benzene rings is 2. The second kappa shape index (κ2) is 8.09. The lowest BCUT2D eigenvalue weighted by atomic mass is 10.1. The van der Waals surface area contributed by atoms with E-state index in [-0.39, 0.29) is 5.91 Å². The Bertz CT molecular complexity index is 929. The lowest BCUT2D eigenvalue weighted by Gasteiger charge is -2.14. The van der Waals surface area contributed by atoms with Gasteiger partial charge in [0.25, 0.3) is 5.91 Å². The zero-order chi connectivity index (χ0) is 19.4. The van der Waals surface area contributed by atoms with Crippen LogP contribution in [-0.4, -0.2) is 32.2 Å². The van der Waals surface area contributed by atoms with Crippen molar-refractivity contribution in [2.24, 2.45) is 0 Å². The minimum absolute atomic E-state index is 0.299. The summed E-state index contributed by atoms with van der Waals surface area (Å²) < 4.78 is 16.0. The van der Waals surface area contributed by atoms with E-state index in [1.54, 1.807) is 12.1 Å². The largest absolute Gasteiger partial charge is 0.493 e. The van der Waals surface area contributed by atoms with Crippen LogP contribution in [-0.2, 0) is 0 Å². The molecule has 0 aliphatic carbocycles. The first-order valence-electron chi connectivity index (χ1n) is 8.21. The number of anilines is 1. The van der Waals surface area contributed by atoms with E-state index in [0.29, 0.717) is 28.6 Å². The van der Waals surface area contributed by atoms with Gasteiger partial charge >= 0.3 is 0 Å². The fourth-order valence-electron chi connectivity index (χ4n) is 2.71. The van der Waals surface area contributed by atoms with E-state index in [1.165, 1.54) is 32.7 Å². The minimum Gasteiger partial charge on any atom is -0.493 e. The third-order valence-corrected chi connectivity index (χ3v) is 4.93. The molecule has 1 aromatic heterocycles. The molecule has 1 heterocycles. The van der Waals surface area contributed by atoms with Crippen molar-refractivity contribution < 1.29 is 19.0 Å². The Balaban J connectivity index is 1.95. The number of hydrogen-bond acceptors (Lipinski definition) is 6. The van der Waals surface area contributed by atoms with E-state index >= 15 is 0 Å². The zero-order valence-corrected chi connectivity index (χ0v) is 16.3. The molecule has 0 aliphatic heterocycles. The topological polar surface area (TPSA) is 69.7 Å². The number of nitrogens with zero attached hydrogens (tertiary/aromatic N) is 1. The second-order valence-corrected chi connectivity index (χ2v) is 6.85. The molecule has 0 fully saturated rings. The van der Waals surface area contributed by atoms with Crippen LogP contribution in [0.1, 0.15) is 15.5 Å². The van der Waals surface area contributed by atoms with Gasteiger partial charge in [-0.15, -0.1) is 11.3 Å². The molecule has 1 N–H and O–H groups in total. The van der Waals surface area contributed by atoms with E-state index in [1.807, 2.05) is 37.3 Å². The van der Waals surface area contributed by atoms with Crippen molar-refractivity contribution in [2.45, 2.75) is 6.92 Å². The number of methoxy groups -OCH3 is 3. The molecule has 0 atom stereocenters. The average Bonchev–Trinajstić information content (AvgIpc) is 3.09. The highest BCUT2D eigenvalue weighted by Crippen LogP contribution is 2.40. The molecule has 27 heavy (non-hydrogen) atoms. The number of carbonyl (C=O) groups is 1. The van der Waals surface area contributed by atoms with Gasteiger partial charge in [0.1, 0.15) is 5.69 Å². The van der Waals surface area contributed by atoms with Gasteiger partial charge in [-0.3, -0.25) is 4.79 Å². The van der Waals surface area contributed by atoms with Crippen LogP contribution >= 0.6 is 11.3 Å². The van der Waals surface area contributed by atoms with Crippen LogP contribution in [0.25, 0.3) is 10.4 Å². The highest BCUT2D eigenvalue weighted by atomic mass is 32.1. The SMILES string of the molecule is COc1cc(NC(=O)c2nc(C)sc2-c2ccccc2)cc(OC)c1OC. The monoisotopic (exact) mass is 384 g/mol. The van der Waals surface area contributed by atoms with Crippen molar-refractivity contribution in [1.82, 2.24) is 4.98 Å². The number of hydrogen-bond donors (Lipinski definition) is 1. The van der Waals surface area contributed by atoms with Crippen LogP contribution in [0.3, 0.4) is 0 Å². The van der Waals surface area contributed by atoms with Gasteiger partial charge in [0.15, 0.2) is 11.5 Å². The quantitative estimate of drug-likeness (QED) is 0.682. The van der Waals surface area contributed by atoms with Gasteiger partial charge in [-0.05, 0) is 12.5 Å². The fourth-order valence-corrected chi connectivity index (χ4v) is 3.63. The van der Waals surface area contributed by atoms with Crippen molar-refractivity contribution in [3.05, 3.63) is 53.2 Å². The molecule has 0 saturated heterocycles. The molecule has 2 aromatic carbocycles. The highest BCUT2D eigenvalue weighted by Gasteiger charge is 2.20. The summed E-state index contributed by atoms with van der Waals surface area (Å²) in [5.41, 5.74) is 1.87. The highest BCUT2D eigenvalue weighted by molar-refractivity contribution is 7.15. The molecule has 3 rings (SSSR count). The Hall–Kier alpha value is -3.06. The minimum atomic E-state index is -0.299. The molecule has 6 nitrogen and oxygen atoms in total. The van der Waals surface area contributed by atoms with Crippen LogP contribution < -0.4 is 19.5 Å². The van der Waals surface area contributed by atoms with Crippen molar-refractivity contribution in [2.75, 3.05) is 26.6 Å². The number of amides is 1. The Labute approximate surface area is 161 Å². The normalized spacial score (nSPS) is 10.4. The number of thiazole rings is 1. The first-order valence-corrected chi connectivity index (χ1v) is 9.03. The van der Waals surface area contributed by atoms with E-state index in [9.17, 15) is 4.79 Å². The molecular weight excluding hydrogens is 364 g/mol. The summed E-state index contributed by atoms with van der Waals surface area (Å²) in [4.78, 5) is 18.1. The molecule has 0 bridgehead atoms. The average molecular weight is 384 g/mol. The molecule has 0 aliphatic rings. The number of aryl methyl sites for hydroxylation is 1. The van der Waals surface area contributed by atoms with Crippen LogP contribution in [0.5, 0.6) is 17.2 Å². The van der Waals surface area contributed by atoms with Gasteiger partial charge in [0.2, 0.25) is 5.75 Å². The van der Waals surface area contributed by atoms with Crippen LogP contribution in [0.15, 0.2) is 42.5 Å². The van der Waals surface area contributed by atoms with E-state index < -0.39 is 0 Å². The summed E-state index contributed by atoms with van der Waals surface area (Å²) in [6, 6.07) is 13.1. The molecule has 1 amide bonds. The maximum absolute atomic E-state index is 12.9. The smallest absolute Gasteiger partial charge is 0.275 e. The van der Waals surface area contributed by atoms with E-state index in [2.05, 4.69) is 10.3 Å². The van der Waals surface area contributed by atoms with E-state index in [4.69, 9.17) is 14.2 Å². The number of ether oxygens (including phenoxy) is 3. The van der Waals surface area contributed by atoms with Crippen molar-refractivity contribution in [3.63, 3.8) is 0 Å². The molecule has 140 valence electrons. The number of aromatic nitrogens is 1. The third-order valence-electron chi connectivity index (χ3n) is 3.91. The molecule has 3 aromatic rings. The fraction of sp³-hybridized carbons (Fsp3) is 0.200. The van der Waals surface area contributed by atoms with Gasteiger partial charge in [0, 0.05) is 17.8 Å². The van der Waals surface area contributed by atoms with Crippen molar-refractivity contribution in [3.8, 4) is 27.7 Å². The number of carbonyl (C=O) groups excluding carboxylic acids is 1. The van der Waals surface area contributed by atoms with E-state index in [0.717, 1.165) is 15.4 Å². The zero-order valence-electron chi connectivity index (χ0n) is 15.5. The summed E-state index contributed by atoms with van der Waals surface area (Å²) >= 11 is 1.49. The molecule has 7 heteroatoms. The van der Waals surface area contributed by atoms with Gasteiger partial charge in [-0.1, -0.05) is 30.3 Å². The molecular formula is C20H20N2O4S. The van der Waals surface area contributed by atoms with Gasteiger partial charge < -0.3 is 19.5 Å². The Morgan fingerprint density at radius 1 is 1.00 bits per heavy atom. The standard InChI is InChI=1S/C20H20N2O4S/c1-12-21-17(19(27-12)13-8-6-5-7-9-13)20(23)22-14-10-15(24-2)18(26-4)16(11-14)25-3/h5-11H,1-4H3,(H,22,23). The number of nitrogens with one attached hydrogen (secondary N) is 1. The lowest BCUT2D eigenvalue weighted by molar-refractivity contribution is 0.102. The Morgan fingerprint density at radius 3 is 2.19 bits per heavy atom. The molecule has 0 saturated carbocycles. The predicted octanol–water partition coefficient (Wildman–Crippen LogP) is 4.40. The summed E-state index contributed by atoms with van der Waals surface area (Å²) in [6.07, 6.45) is 0. The summed E-state index contributed by atoms with van der Waals surface area (Å²) in [7, 11) is 4.59.